The summed E-state index contributed by atoms with van der Waals surface area (Å²) >= 11 is 3.39. The van der Waals surface area contributed by atoms with Gasteiger partial charge in [0.15, 0.2) is 0 Å². The Kier molecular flexibility index (Phi) is 4.65. The standard InChI is InChI=1S/C16H12S2/c1-3-11-17-14-9-5-7-13-8-6-10-15(16(13)14)18-12-4-2/h1-2,5-10H,11-12H2. The van der Waals surface area contributed by atoms with Crippen LogP contribution in [0.15, 0.2) is 46.2 Å². The second-order valence-corrected chi connectivity index (χ2v) is 5.63. The van der Waals surface area contributed by atoms with E-state index in [1.807, 2.05) is 0 Å². The second kappa shape index (κ2) is 6.45. The Morgan fingerprint density at radius 1 is 0.833 bits per heavy atom. The summed E-state index contributed by atoms with van der Waals surface area (Å²) in [7, 11) is 0. The minimum atomic E-state index is 0.688. The summed E-state index contributed by atoms with van der Waals surface area (Å²) in [6.45, 7) is 0. The van der Waals surface area contributed by atoms with Crippen LogP contribution in [-0.2, 0) is 0 Å². The van der Waals surface area contributed by atoms with Gasteiger partial charge < -0.3 is 0 Å². The number of thioether (sulfide) groups is 2. The monoisotopic (exact) mass is 268 g/mol. The highest BCUT2D eigenvalue weighted by Gasteiger charge is 2.06. The minimum absolute atomic E-state index is 0.688. The molecule has 2 aromatic carbocycles. The van der Waals surface area contributed by atoms with Gasteiger partial charge >= 0.3 is 0 Å². The van der Waals surface area contributed by atoms with Crippen LogP contribution in [0.2, 0.25) is 0 Å². The molecule has 0 saturated heterocycles. The Balaban J connectivity index is 2.50. The zero-order valence-corrected chi connectivity index (χ0v) is 11.5. The molecule has 0 N–H and O–H groups in total. The first-order valence-corrected chi connectivity index (χ1v) is 7.48. The lowest BCUT2D eigenvalue weighted by molar-refractivity contribution is 1.44. The van der Waals surface area contributed by atoms with E-state index >= 15 is 0 Å². The van der Waals surface area contributed by atoms with Crippen molar-refractivity contribution < 1.29 is 0 Å². The van der Waals surface area contributed by atoms with Crippen molar-refractivity contribution in [3.8, 4) is 24.7 Å². The molecule has 0 heterocycles. The van der Waals surface area contributed by atoms with Crippen molar-refractivity contribution in [2.24, 2.45) is 0 Å². The van der Waals surface area contributed by atoms with Gasteiger partial charge in [0.2, 0.25) is 0 Å². The zero-order chi connectivity index (χ0) is 12.8. The normalized spacial score (nSPS) is 9.89. The van der Waals surface area contributed by atoms with Gasteiger partial charge in [0, 0.05) is 15.2 Å². The Labute approximate surface area is 117 Å². The van der Waals surface area contributed by atoms with Crippen LogP contribution >= 0.6 is 23.5 Å². The molecule has 0 atom stereocenters. The summed E-state index contributed by atoms with van der Waals surface area (Å²) in [4.78, 5) is 2.45. The molecule has 2 rings (SSSR count). The van der Waals surface area contributed by atoms with Crippen molar-refractivity contribution in [3.63, 3.8) is 0 Å². The molecule has 0 aliphatic heterocycles. The fraction of sp³-hybridized carbons (Fsp3) is 0.125. The molecule has 0 unspecified atom stereocenters. The smallest absolute Gasteiger partial charge is 0.0592 e. The summed E-state index contributed by atoms with van der Waals surface area (Å²) in [6, 6.07) is 12.6. The van der Waals surface area contributed by atoms with Crippen LogP contribution < -0.4 is 0 Å². The minimum Gasteiger partial charge on any atom is -0.119 e. The molecule has 0 fully saturated rings. The van der Waals surface area contributed by atoms with Crippen LogP contribution in [0, 0.1) is 24.7 Å². The summed E-state index contributed by atoms with van der Waals surface area (Å²) in [6.07, 6.45) is 10.7. The average Bonchev–Trinajstić information content (AvgIpc) is 2.42. The third-order valence-electron chi connectivity index (χ3n) is 2.45. The first-order valence-electron chi connectivity index (χ1n) is 5.51. The van der Waals surface area contributed by atoms with Gasteiger partial charge in [-0.3, -0.25) is 0 Å². The number of hydrogen-bond acceptors (Lipinski definition) is 2. The Bertz CT molecular complexity index is 577. The molecule has 0 spiro atoms. The molecule has 88 valence electrons. The predicted octanol–water partition coefficient (Wildman–Crippen LogP) is 4.29. The molecule has 0 nitrogen and oxygen atoms in total. The van der Waals surface area contributed by atoms with Crippen LogP contribution in [0.4, 0.5) is 0 Å². The highest BCUT2D eigenvalue weighted by molar-refractivity contribution is 8.00. The van der Waals surface area contributed by atoms with Crippen molar-refractivity contribution in [3.05, 3.63) is 36.4 Å². The fourth-order valence-corrected chi connectivity index (χ4v) is 3.39. The van der Waals surface area contributed by atoms with E-state index in [1.165, 1.54) is 20.6 Å². The van der Waals surface area contributed by atoms with Gasteiger partial charge in [-0.25, -0.2) is 0 Å². The molecular formula is C16H12S2. The van der Waals surface area contributed by atoms with Gasteiger partial charge in [-0.1, -0.05) is 36.1 Å². The molecule has 0 radical (unpaired) electrons. The van der Waals surface area contributed by atoms with Gasteiger partial charge in [0.05, 0.1) is 11.5 Å². The molecule has 2 aromatic rings. The summed E-state index contributed by atoms with van der Waals surface area (Å²) in [5.41, 5.74) is 0. The fourth-order valence-electron chi connectivity index (χ4n) is 1.75. The number of benzene rings is 2. The highest BCUT2D eigenvalue weighted by atomic mass is 32.2. The van der Waals surface area contributed by atoms with Crippen LogP contribution in [-0.4, -0.2) is 11.5 Å². The molecule has 2 heteroatoms. The largest absolute Gasteiger partial charge is 0.119 e. The van der Waals surface area contributed by atoms with Crippen LogP contribution in [0.3, 0.4) is 0 Å². The first-order chi connectivity index (χ1) is 8.86. The molecule has 0 bridgehead atoms. The van der Waals surface area contributed by atoms with E-state index in [4.69, 9.17) is 12.8 Å². The van der Waals surface area contributed by atoms with Crippen molar-refractivity contribution >= 4 is 34.3 Å². The summed E-state index contributed by atoms with van der Waals surface area (Å²) < 4.78 is 0. The van der Waals surface area contributed by atoms with Crippen molar-refractivity contribution in [1.82, 2.24) is 0 Å². The Hall–Kier alpha value is -1.48. The summed E-state index contributed by atoms with van der Waals surface area (Å²) in [5, 5.41) is 2.50. The Morgan fingerprint density at radius 2 is 1.33 bits per heavy atom. The van der Waals surface area contributed by atoms with Crippen LogP contribution in [0.25, 0.3) is 10.8 Å². The van der Waals surface area contributed by atoms with E-state index in [0.29, 0.717) is 11.5 Å². The molecule has 0 saturated carbocycles. The van der Waals surface area contributed by atoms with E-state index in [1.54, 1.807) is 23.5 Å². The van der Waals surface area contributed by atoms with E-state index < -0.39 is 0 Å². The van der Waals surface area contributed by atoms with Gasteiger partial charge in [-0.15, -0.1) is 36.4 Å². The van der Waals surface area contributed by atoms with E-state index in [9.17, 15) is 0 Å². The third-order valence-corrected chi connectivity index (χ3v) is 4.37. The molecule has 0 aliphatic rings. The van der Waals surface area contributed by atoms with Crippen LogP contribution in [0.1, 0.15) is 0 Å². The lowest BCUT2D eigenvalue weighted by atomic mass is 10.1. The molecule has 18 heavy (non-hydrogen) atoms. The van der Waals surface area contributed by atoms with Crippen molar-refractivity contribution in [2.45, 2.75) is 9.79 Å². The molecule has 0 amide bonds. The zero-order valence-electron chi connectivity index (χ0n) is 9.85. The maximum atomic E-state index is 5.34. The quantitative estimate of drug-likeness (QED) is 0.599. The number of terminal acetylenes is 2. The van der Waals surface area contributed by atoms with E-state index in [-0.39, 0.29) is 0 Å². The average molecular weight is 268 g/mol. The van der Waals surface area contributed by atoms with Gasteiger partial charge in [0.25, 0.3) is 0 Å². The SMILES string of the molecule is C#CCSc1cccc2cccc(SCC#C)c12. The number of hydrogen-bond donors (Lipinski definition) is 0. The summed E-state index contributed by atoms with van der Waals surface area (Å²) in [5.74, 6) is 6.71. The lowest BCUT2D eigenvalue weighted by Gasteiger charge is -2.09. The maximum Gasteiger partial charge on any atom is 0.0592 e. The van der Waals surface area contributed by atoms with Crippen molar-refractivity contribution in [1.29, 1.82) is 0 Å². The number of fused-ring (bicyclic) bond motifs is 1. The topological polar surface area (TPSA) is 0 Å². The first kappa shape index (κ1) is 13.0. The molecular weight excluding hydrogens is 256 g/mol. The van der Waals surface area contributed by atoms with Gasteiger partial charge in [-0.2, -0.15) is 0 Å². The molecule has 0 aromatic heterocycles. The predicted molar refractivity (Wildman–Crippen MR) is 83.1 cm³/mol. The van der Waals surface area contributed by atoms with E-state index in [0.717, 1.165) is 0 Å². The van der Waals surface area contributed by atoms with E-state index in [2.05, 4.69) is 48.2 Å². The van der Waals surface area contributed by atoms with Gasteiger partial charge in [0.1, 0.15) is 0 Å². The second-order valence-electron chi connectivity index (χ2n) is 3.60. The highest BCUT2D eigenvalue weighted by Crippen LogP contribution is 2.35. The van der Waals surface area contributed by atoms with Crippen molar-refractivity contribution in [2.75, 3.05) is 11.5 Å². The maximum absolute atomic E-state index is 5.34. The number of rotatable bonds is 4. The Morgan fingerprint density at radius 3 is 1.78 bits per heavy atom. The molecule has 0 aliphatic carbocycles. The lowest BCUT2D eigenvalue weighted by Crippen LogP contribution is -1.84. The van der Waals surface area contributed by atoms with Crippen LogP contribution in [0.5, 0.6) is 0 Å². The van der Waals surface area contributed by atoms with Gasteiger partial charge in [-0.05, 0) is 17.5 Å². The third kappa shape index (κ3) is 2.85.